The Balaban J connectivity index is 0.770. The molecule has 3 fully saturated rings. The number of rotatable bonds is 8. The minimum Gasteiger partial charge on any atom is -0.369 e. The van der Waals surface area contributed by atoms with Crippen LogP contribution in [0.5, 0.6) is 0 Å². The molecule has 9 rings (SSSR count). The molecule has 3 aromatic heterocycles. The molecule has 56 heavy (non-hydrogen) atoms. The lowest BCUT2D eigenvalue weighted by molar-refractivity contribution is -0.136. The summed E-state index contributed by atoms with van der Waals surface area (Å²) >= 11 is 0. The number of carbonyl (C=O) groups excluding carboxylic acids is 4. The van der Waals surface area contributed by atoms with E-state index in [-0.39, 0.29) is 12.8 Å². The van der Waals surface area contributed by atoms with Gasteiger partial charge in [-0.3, -0.25) is 43.8 Å². The van der Waals surface area contributed by atoms with Gasteiger partial charge in [0.25, 0.3) is 11.8 Å². The zero-order chi connectivity index (χ0) is 38.7. The van der Waals surface area contributed by atoms with Crippen LogP contribution in [-0.2, 0) is 9.59 Å². The molecule has 0 bridgehead atoms. The monoisotopic (exact) mass is 760 g/mol. The van der Waals surface area contributed by atoms with E-state index in [0.717, 1.165) is 108 Å². The lowest BCUT2D eigenvalue weighted by atomic mass is 9.93. The number of carbonyl (C=O) groups is 4. The third-order valence-electron chi connectivity index (χ3n) is 12.1. The van der Waals surface area contributed by atoms with Crippen LogP contribution in [0.2, 0.25) is 0 Å². The standard InChI is InChI=1S/C42H42F2N8O4/c1-25-20-28(27-2-4-30-33-24-45-12-8-34(33)51(42(43)44)36(30)21-27)23-46-38(25)50-14-10-26(11-15-50)9-13-48-16-18-49(19-17-48)29-3-5-31-32(22-29)41(56)52(40(31)55)35-6-7-37(53)47-39(35)54/h2-5,8,12,20-24,26,35,42H,6-7,9-11,13-19H2,1H3,(H,47,53,54). The predicted molar refractivity (Wildman–Crippen MR) is 208 cm³/mol. The van der Waals surface area contributed by atoms with Gasteiger partial charge in [0.1, 0.15) is 11.9 Å². The van der Waals surface area contributed by atoms with Gasteiger partial charge in [-0.2, -0.15) is 8.78 Å². The number of pyridine rings is 2. The third-order valence-corrected chi connectivity index (χ3v) is 12.1. The van der Waals surface area contributed by atoms with E-state index in [1.807, 2.05) is 30.5 Å². The summed E-state index contributed by atoms with van der Waals surface area (Å²) in [6.45, 7) is 5.68. The fourth-order valence-electron chi connectivity index (χ4n) is 9.02. The summed E-state index contributed by atoms with van der Waals surface area (Å²) in [5.74, 6) is -0.383. The normalized spacial score (nSPS) is 19.9. The molecule has 2 aromatic carbocycles. The quantitative estimate of drug-likeness (QED) is 0.196. The Bertz CT molecular complexity index is 2400. The van der Waals surface area contributed by atoms with Gasteiger partial charge in [0.2, 0.25) is 11.8 Å². The fraction of sp³-hybridized carbons (Fsp3) is 0.381. The molecule has 0 saturated carbocycles. The number of amides is 4. The van der Waals surface area contributed by atoms with Gasteiger partial charge < -0.3 is 9.80 Å². The molecule has 0 spiro atoms. The van der Waals surface area contributed by atoms with Crippen LogP contribution in [0.1, 0.15) is 64.9 Å². The third kappa shape index (κ3) is 6.35. The number of hydrogen-bond acceptors (Lipinski definition) is 9. The lowest BCUT2D eigenvalue weighted by Crippen LogP contribution is -2.54. The number of fused-ring (bicyclic) bond motifs is 4. The van der Waals surface area contributed by atoms with Crippen LogP contribution in [0.3, 0.4) is 0 Å². The molecule has 288 valence electrons. The molecule has 7 heterocycles. The molecule has 5 aromatic rings. The number of anilines is 2. The molecule has 1 atom stereocenters. The van der Waals surface area contributed by atoms with Crippen LogP contribution in [0.25, 0.3) is 32.9 Å². The number of imide groups is 2. The van der Waals surface area contributed by atoms with Crippen LogP contribution in [-0.4, -0.2) is 99.8 Å². The van der Waals surface area contributed by atoms with Gasteiger partial charge in [0.15, 0.2) is 0 Å². The Labute approximate surface area is 322 Å². The smallest absolute Gasteiger partial charge is 0.319 e. The highest BCUT2D eigenvalue weighted by molar-refractivity contribution is 6.23. The van der Waals surface area contributed by atoms with Crippen LogP contribution in [0.15, 0.2) is 67.1 Å². The zero-order valence-corrected chi connectivity index (χ0v) is 31.1. The van der Waals surface area contributed by atoms with Gasteiger partial charge in [-0.25, -0.2) is 4.98 Å². The number of piperazine rings is 1. The largest absolute Gasteiger partial charge is 0.369 e. The van der Waals surface area contributed by atoms with Gasteiger partial charge in [-0.1, -0.05) is 12.1 Å². The van der Waals surface area contributed by atoms with Crippen LogP contribution in [0.4, 0.5) is 20.3 Å². The highest BCUT2D eigenvalue weighted by Gasteiger charge is 2.45. The molecule has 4 aliphatic rings. The second kappa shape index (κ2) is 14.4. The Morgan fingerprint density at radius 3 is 2.32 bits per heavy atom. The Hall–Kier alpha value is -5.76. The van der Waals surface area contributed by atoms with Crippen LogP contribution in [0, 0.1) is 12.8 Å². The molecular formula is C42H42F2N8O4. The van der Waals surface area contributed by atoms with Gasteiger partial charge in [-0.15, -0.1) is 0 Å². The van der Waals surface area contributed by atoms with Crippen molar-refractivity contribution in [2.45, 2.75) is 51.6 Å². The van der Waals surface area contributed by atoms with E-state index in [0.29, 0.717) is 33.5 Å². The first-order valence-corrected chi connectivity index (χ1v) is 19.4. The van der Waals surface area contributed by atoms with Crippen LogP contribution >= 0.6 is 0 Å². The molecule has 14 heteroatoms. The fourth-order valence-corrected chi connectivity index (χ4v) is 9.02. The number of piperidine rings is 2. The van der Waals surface area contributed by atoms with E-state index in [4.69, 9.17) is 4.98 Å². The Kier molecular flexibility index (Phi) is 9.23. The van der Waals surface area contributed by atoms with Crippen molar-refractivity contribution in [3.05, 3.63) is 83.8 Å². The van der Waals surface area contributed by atoms with Gasteiger partial charge in [0.05, 0.1) is 22.2 Å². The number of hydrogen-bond donors (Lipinski definition) is 1. The molecule has 12 nitrogen and oxygen atoms in total. The predicted octanol–water partition coefficient (Wildman–Crippen LogP) is 5.78. The van der Waals surface area contributed by atoms with E-state index >= 15 is 0 Å². The van der Waals surface area contributed by atoms with Crippen molar-refractivity contribution < 1.29 is 28.0 Å². The van der Waals surface area contributed by atoms with Crippen molar-refractivity contribution in [1.82, 2.24) is 29.7 Å². The molecule has 0 radical (unpaired) electrons. The van der Waals surface area contributed by atoms with Crippen molar-refractivity contribution in [3.8, 4) is 11.1 Å². The Morgan fingerprint density at radius 2 is 1.57 bits per heavy atom. The van der Waals surface area contributed by atoms with Crippen molar-refractivity contribution in [1.29, 1.82) is 0 Å². The average molecular weight is 761 g/mol. The summed E-state index contributed by atoms with van der Waals surface area (Å²) < 4.78 is 29.4. The maximum Gasteiger partial charge on any atom is 0.319 e. The minimum atomic E-state index is -2.67. The van der Waals surface area contributed by atoms with Crippen molar-refractivity contribution in [2.24, 2.45) is 5.92 Å². The highest BCUT2D eigenvalue weighted by Crippen LogP contribution is 2.36. The summed E-state index contributed by atoms with van der Waals surface area (Å²) in [5.41, 5.74) is 5.21. The first-order chi connectivity index (χ1) is 27.1. The number of nitrogens with zero attached hydrogens (tertiary/aromatic N) is 7. The number of halogens is 2. The second-order valence-electron chi connectivity index (χ2n) is 15.4. The van der Waals surface area contributed by atoms with Gasteiger partial charge in [-0.05, 0) is 92.6 Å². The summed E-state index contributed by atoms with van der Waals surface area (Å²) in [6, 6.07) is 13.8. The molecular weight excluding hydrogens is 719 g/mol. The number of nitrogens with one attached hydrogen (secondary N) is 1. The molecule has 4 amide bonds. The number of alkyl halides is 2. The van der Waals surface area contributed by atoms with E-state index in [2.05, 4.69) is 38.0 Å². The molecule has 1 N–H and O–H groups in total. The zero-order valence-electron chi connectivity index (χ0n) is 31.1. The van der Waals surface area contributed by atoms with E-state index in [1.165, 1.54) is 6.20 Å². The summed E-state index contributed by atoms with van der Waals surface area (Å²) in [7, 11) is 0. The van der Waals surface area contributed by atoms with E-state index in [9.17, 15) is 28.0 Å². The SMILES string of the molecule is Cc1cc(-c2ccc3c4cnccc4n(C(F)F)c3c2)cnc1N1CCC(CCN2CCN(c3ccc4c(c3)C(=O)N(C3CCC(=O)NC3=O)C4=O)CC2)CC1. The topological polar surface area (TPSA) is 124 Å². The van der Waals surface area contributed by atoms with Crippen LogP contribution < -0.4 is 15.1 Å². The van der Waals surface area contributed by atoms with Gasteiger partial charge in [0, 0.05) is 86.3 Å². The van der Waals surface area contributed by atoms with Gasteiger partial charge >= 0.3 is 6.55 Å². The van der Waals surface area contributed by atoms with Crippen molar-refractivity contribution in [3.63, 3.8) is 0 Å². The van der Waals surface area contributed by atoms with E-state index in [1.54, 1.807) is 24.4 Å². The maximum absolute atomic E-state index is 14.2. The first kappa shape index (κ1) is 35.9. The summed E-state index contributed by atoms with van der Waals surface area (Å²) in [4.78, 5) is 67.6. The molecule has 4 aliphatic heterocycles. The Morgan fingerprint density at radius 1 is 0.786 bits per heavy atom. The lowest BCUT2D eigenvalue weighted by Gasteiger charge is -2.38. The van der Waals surface area contributed by atoms with Crippen molar-refractivity contribution >= 4 is 56.9 Å². The first-order valence-electron chi connectivity index (χ1n) is 19.4. The van der Waals surface area contributed by atoms with Crippen molar-refractivity contribution in [2.75, 3.05) is 55.6 Å². The average Bonchev–Trinajstić information content (AvgIpc) is 3.67. The number of benzene rings is 2. The molecule has 3 saturated heterocycles. The second-order valence-corrected chi connectivity index (χ2v) is 15.4. The highest BCUT2D eigenvalue weighted by atomic mass is 19.3. The minimum absolute atomic E-state index is 0.0906. The summed E-state index contributed by atoms with van der Waals surface area (Å²) in [5, 5.41) is 3.70. The summed E-state index contributed by atoms with van der Waals surface area (Å²) in [6.07, 6.45) is 8.55. The maximum atomic E-state index is 14.2. The molecule has 1 unspecified atom stereocenters. The number of aromatic nitrogens is 3. The number of aryl methyl sites for hydroxylation is 1. The van der Waals surface area contributed by atoms with E-state index < -0.39 is 36.2 Å². The molecule has 0 aliphatic carbocycles.